The Bertz CT molecular complexity index is 793. The summed E-state index contributed by atoms with van der Waals surface area (Å²) in [6.45, 7) is 3.73. The summed E-state index contributed by atoms with van der Waals surface area (Å²) in [5.41, 5.74) is 0.991. The van der Waals surface area contributed by atoms with Gasteiger partial charge in [-0.25, -0.2) is 0 Å². The van der Waals surface area contributed by atoms with Gasteiger partial charge in [-0.2, -0.15) is 0 Å². The molecule has 2 saturated heterocycles. The molecule has 2 N–H and O–H groups in total. The fourth-order valence-corrected chi connectivity index (χ4v) is 4.03. The van der Waals surface area contributed by atoms with Crippen molar-refractivity contribution in [3.05, 3.63) is 48.0 Å². The molecule has 0 spiro atoms. The second-order valence-electron chi connectivity index (χ2n) is 7.07. The van der Waals surface area contributed by atoms with E-state index in [2.05, 4.69) is 10.6 Å². The summed E-state index contributed by atoms with van der Waals surface area (Å²) in [6, 6.07) is 14.0. The summed E-state index contributed by atoms with van der Waals surface area (Å²) in [6.07, 6.45) is 0.295. The summed E-state index contributed by atoms with van der Waals surface area (Å²) in [4.78, 5) is 26.5. The van der Waals surface area contributed by atoms with Gasteiger partial charge in [0.15, 0.2) is 0 Å². The zero-order chi connectivity index (χ0) is 17.2. The summed E-state index contributed by atoms with van der Waals surface area (Å²) in [7, 11) is 0. The molecule has 5 nitrogen and oxygen atoms in total. The smallest absolute Gasteiger partial charge is 0.241 e. The van der Waals surface area contributed by atoms with Crippen LogP contribution in [0, 0.1) is 11.8 Å². The van der Waals surface area contributed by atoms with Gasteiger partial charge in [-0.3, -0.25) is 9.59 Å². The topological polar surface area (TPSA) is 61.4 Å². The van der Waals surface area contributed by atoms with Crippen LogP contribution in [0.15, 0.2) is 42.5 Å². The number of rotatable bonds is 4. The zero-order valence-electron chi connectivity index (χ0n) is 14.6. The molecule has 2 aliphatic rings. The summed E-state index contributed by atoms with van der Waals surface area (Å²) in [5.74, 6) is 1.08. The molecule has 4 rings (SSSR count). The van der Waals surface area contributed by atoms with Crippen molar-refractivity contribution >= 4 is 35.0 Å². The van der Waals surface area contributed by atoms with Crippen molar-refractivity contribution in [2.45, 2.75) is 6.42 Å². The van der Waals surface area contributed by atoms with E-state index in [1.165, 1.54) is 0 Å². The number of benzene rings is 2. The molecule has 2 aliphatic heterocycles. The number of carbonyl (C=O) groups is 2. The van der Waals surface area contributed by atoms with Gasteiger partial charge in [0.1, 0.15) is 0 Å². The maximum Gasteiger partial charge on any atom is 0.241 e. The Morgan fingerprint density at radius 3 is 2.50 bits per heavy atom. The molecule has 26 heavy (non-hydrogen) atoms. The fraction of sp³-hybridized carbons (Fsp3) is 0.400. The van der Waals surface area contributed by atoms with E-state index in [4.69, 9.17) is 0 Å². The van der Waals surface area contributed by atoms with Gasteiger partial charge in [-0.05, 0) is 28.2 Å². The minimum atomic E-state index is -0.106. The molecule has 0 radical (unpaired) electrons. The van der Waals surface area contributed by atoms with Crippen LogP contribution in [0.4, 0.5) is 0 Å². The van der Waals surface area contributed by atoms with Crippen LogP contribution < -0.4 is 10.6 Å². The molecule has 0 bridgehead atoms. The van der Waals surface area contributed by atoms with Crippen LogP contribution in [-0.2, 0) is 16.0 Å². The largest absolute Gasteiger partial charge is 0.347 e. The van der Waals surface area contributed by atoms with Crippen LogP contribution in [-0.4, -0.2) is 49.4 Å². The molecule has 138 valence electrons. The number of amides is 2. The van der Waals surface area contributed by atoms with Gasteiger partial charge in [0.25, 0.3) is 0 Å². The molecule has 0 unspecified atom stereocenters. The highest BCUT2D eigenvalue weighted by atomic mass is 35.5. The second kappa shape index (κ2) is 8.06. The SMILES string of the molecule is Cl.O=C(Cc1cccc2ccccc12)NCC(=O)N1C[C@H]2CNC[C@H]2C1. The van der Waals surface area contributed by atoms with Crippen molar-refractivity contribution in [1.29, 1.82) is 0 Å². The number of nitrogens with zero attached hydrogens (tertiary/aromatic N) is 1. The lowest BCUT2D eigenvalue weighted by molar-refractivity contribution is -0.132. The number of carbonyl (C=O) groups excluding carboxylic acids is 2. The molecule has 2 aromatic rings. The quantitative estimate of drug-likeness (QED) is 0.855. The van der Waals surface area contributed by atoms with Gasteiger partial charge in [0.05, 0.1) is 13.0 Å². The van der Waals surface area contributed by atoms with Crippen molar-refractivity contribution in [1.82, 2.24) is 15.5 Å². The fourth-order valence-electron chi connectivity index (χ4n) is 4.03. The minimum Gasteiger partial charge on any atom is -0.347 e. The minimum absolute atomic E-state index is 0. The first-order chi connectivity index (χ1) is 12.2. The highest BCUT2D eigenvalue weighted by molar-refractivity contribution is 5.91. The lowest BCUT2D eigenvalue weighted by Crippen LogP contribution is -2.40. The number of hydrogen-bond acceptors (Lipinski definition) is 3. The Kier molecular flexibility index (Phi) is 5.79. The average Bonchev–Trinajstić information content (AvgIpc) is 3.22. The van der Waals surface area contributed by atoms with Crippen molar-refractivity contribution in [3.8, 4) is 0 Å². The molecular weight excluding hydrogens is 350 g/mol. The highest BCUT2D eigenvalue weighted by Crippen LogP contribution is 2.26. The normalized spacial score (nSPS) is 21.3. The molecule has 2 atom stereocenters. The van der Waals surface area contributed by atoms with Gasteiger partial charge < -0.3 is 15.5 Å². The van der Waals surface area contributed by atoms with E-state index in [0.717, 1.165) is 42.5 Å². The van der Waals surface area contributed by atoms with Gasteiger partial charge in [-0.15, -0.1) is 12.4 Å². The lowest BCUT2D eigenvalue weighted by Gasteiger charge is -2.18. The first kappa shape index (κ1) is 18.7. The van der Waals surface area contributed by atoms with Crippen LogP contribution in [0.5, 0.6) is 0 Å². The third kappa shape index (κ3) is 3.84. The predicted molar refractivity (Wildman–Crippen MR) is 104 cm³/mol. The van der Waals surface area contributed by atoms with Gasteiger partial charge in [0.2, 0.25) is 11.8 Å². The number of halogens is 1. The number of nitrogens with one attached hydrogen (secondary N) is 2. The lowest BCUT2D eigenvalue weighted by atomic mass is 10.0. The van der Waals surface area contributed by atoms with E-state index >= 15 is 0 Å². The molecular formula is C20H24ClN3O2. The highest BCUT2D eigenvalue weighted by Gasteiger charge is 2.37. The van der Waals surface area contributed by atoms with E-state index in [1.54, 1.807) is 0 Å². The molecule has 0 aromatic heterocycles. The summed E-state index contributed by atoms with van der Waals surface area (Å²) < 4.78 is 0. The van der Waals surface area contributed by atoms with E-state index in [-0.39, 0.29) is 30.8 Å². The molecule has 0 aliphatic carbocycles. The van der Waals surface area contributed by atoms with Crippen molar-refractivity contribution in [3.63, 3.8) is 0 Å². The monoisotopic (exact) mass is 373 g/mol. The zero-order valence-corrected chi connectivity index (χ0v) is 15.4. The molecule has 2 amide bonds. The molecule has 2 aromatic carbocycles. The van der Waals surface area contributed by atoms with E-state index in [0.29, 0.717) is 18.3 Å². The number of fused-ring (bicyclic) bond motifs is 2. The maximum atomic E-state index is 12.3. The molecule has 2 fully saturated rings. The Labute approximate surface area is 159 Å². The summed E-state index contributed by atoms with van der Waals surface area (Å²) >= 11 is 0. The van der Waals surface area contributed by atoms with Gasteiger partial charge in [-0.1, -0.05) is 42.5 Å². The van der Waals surface area contributed by atoms with Crippen LogP contribution in [0.2, 0.25) is 0 Å². The first-order valence-corrected chi connectivity index (χ1v) is 8.92. The first-order valence-electron chi connectivity index (χ1n) is 8.92. The molecule has 2 heterocycles. The summed E-state index contributed by atoms with van der Waals surface area (Å²) in [5, 5.41) is 8.38. The third-order valence-electron chi connectivity index (χ3n) is 5.41. The maximum absolute atomic E-state index is 12.3. The van der Waals surface area contributed by atoms with E-state index in [9.17, 15) is 9.59 Å². The van der Waals surface area contributed by atoms with Crippen molar-refractivity contribution in [2.24, 2.45) is 11.8 Å². The van der Waals surface area contributed by atoms with Crippen molar-refractivity contribution < 1.29 is 9.59 Å². The predicted octanol–water partition coefficient (Wildman–Crippen LogP) is 1.60. The van der Waals surface area contributed by atoms with Crippen LogP contribution in [0.1, 0.15) is 5.56 Å². The third-order valence-corrected chi connectivity index (χ3v) is 5.41. The van der Waals surface area contributed by atoms with Crippen LogP contribution in [0.25, 0.3) is 10.8 Å². The number of hydrogen-bond donors (Lipinski definition) is 2. The Hall–Kier alpha value is -2.11. The Morgan fingerprint density at radius 2 is 1.73 bits per heavy atom. The average molecular weight is 374 g/mol. The van der Waals surface area contributed by atoms with Crippen LogP contribution in [0.3, 0.4) is 0 Å². The van der Waals surface area contributed by atoms with Crippen LogP contribution >= 0.6 is 12.4 Å². The van der Waals surface area contributed by atoms with Crippen molar-refractivity contribution in [2.75, 3.05) is 32.7 Å². The molecule has 0 saturated carbocycles. The Morgan fingerprint density at radius 1 is 1.04 bits per heavy atom. The molecule has 6 heteroatoms. The Balaban J connectivity index is 0.00000196. The van der Waals surface area contributed by atoms with Gasteiger partial charge in [0, 0.05) is 26.2 Å². The number of likely N-dealkylation sites (tertiary alicyclic amines) is 1. The van der Waals surface area contributed by atoms with E-state index in [1.807, 2.05) is 47.4 Å². The standard InChI is InChI=1S/C20H23N3O2.ClH/c24-19(8-15-6-3-5-14-4-1-2-7-18(14)15)22-11-20(25)23-12-16-9-21-10-17(16)13-23;/h1-7,16-17,21H,8-13H2,(H,22,24);1H/t16-,17+;. The van der Waals surface area contributed by atoms with E-state index < -0.39 is 0 Å². The van der Waals surface area contributed by atoms with Gasteiger partial charge >= 0.3 is 0 Å². The second-order valence-corrected chi connectivity index (χ2v) is 7.07.